The molecule has 0 saturated carbocycles. The Balaban J connectivity index is 3.34. The molecule has 12 heteroatoms. The molecule has 0 fully saturated rings. The molecule has 1 rings (SSSR count). The molecule has 12 nitrogen and oxygen atoms in total. The first-order chi connectivity index (χ1) is 18.8. The van der Waals surface area contributed by atoms with Crippen molar-refractivity contribution in [3.05, 3.63) is 23.8 Å². The highest BCUT2D eigenvalue weighted by Gasteiger charge is 2.44. The van der Waals surface area contributed by atoms with Crippen LogP contribution in [0.2, 0.25) is 0 Å². The van der Waals surface area contributed by atoms with Crippen molar-refractivity contribution in [1.29, 1.82) is 0 Å². The molecule has 1 aromatic rings. The first-order valence-electron chi connectivity index (χ1n) is 13.5. The second-order valence-electron chi connectivity index (χ2n) is 10.1. The molecule has 0 aliphatic carbocycles. The van der Waals surface area contributed by atoms with E-state index in [1.54, 1.807) is 13.8 Å². The van der Waals surface area contributed by atoms with Gasteiger partial charge in [-0.05, 0) is 62.6 Å². The molecular weight excluding hydrogens is 526 g/mol. The summed E-state index contributed by atoms with van der Waals surface area (Å²) >= 11 is 0. The summed E-state index contributed by atoms with van der Waals surface area (Å²) in [4.78, 5) is 49.2. The lowest BCUT2D eigenvalue weighted by Gasteiger charge is -2.32. The van der Waals surface area contributed by atoms with E-state index in [1.165, 1.54) is 18.2 Å². The largest absolute Gasteiger partial charge is 0.513 e. The van der Waals surface area contributed by atoms with Crippen LogP contribution < -0.4 is 14.8 Å². The van der Waals surface area contributed by atoms with Gasteiger partial charge in [-0.25, -0.2) is 19.2 Å². The van der Waals surface area contributed by atoms with Gasteiger partial charge in [0, 0.05) is 12.5 Å². The molecule has 1 unspecified atom stereocenters. The van der Waals surface area contributed by atoms with E-state index in [0.29, 0.717) is 25.2 Å². The van der Waals surface area contributed by atoms with Crippen molar-refractivity contribution in [1.82, 2.24) is 5.32 Å². The number of carboxylic acid groups (broad SMARTS) is 1. The molecule has 0 saturated heterocycles. The van der Waals surface area contributed by atoms with Crippen LogP contribution in [0.1, 0.15) is 73.3 Å². The van der Waals surface area contributed by atoms with Crippen LogP contribution in [-0.4, -0.2) is 61.1 Å². The smallest absolute Gasteiger partial charge is 0.477 e. The van der Waals surface area contributed by atoms with E-state index in [-0.39, 0.29) is 55.3 Å². The van der Waals surface area contributed by atoms with Crippen molar-refractivity contribution in [2.24, 2.45) is 11.8 Å². The zero-order chi connectivity index (χ0) is 30.3. The van der Waals surface area contributed by atoms with Gasteiger partial charge < -0.3 is 33.5 Å². The Kier molecular flexibility index (Phi) is 14.8. The van der Waals surface area contributed by atoms with E-state index in [9.17, 15) is 24.3 Å². The number of carbonyl (C=O) groups is 4. The average molecular weight is 570 g/mol. The van der Waals surface area contributed by atoms with Crippen LogP contribution in [0.4, 0.5) is 14.4 Å². The Morgan fingerprint density at radius 1 is 0.825 bits per heavy atom. The standard InChI is InChI=1S/C28H43NO11/c1-8-20(7)29-28(24(30)31,40-27(34)35-9-2)17-21-10-11-22(38-25(32)36-14-12-18(3)4)23(16-21)39-26(33)37-15-13-19(5)6/h10-11,16,18-20,29H,8-9,12-15,17H2,1-7H3,(H,30,31)/t20?,28-/m0/s1. The monoisotopic (exact) mass is 569 g/mol. The lowest BCUT2D eigenvalue weighted by Crippen LogP contribution is -2.59. The normalized spacial score (nSPS) is 13.2. The van der Waals surface area contributed by atoms with E-state index in [4.69, 9.17) is 28.4 Å². The number of carbonyl (C=O) groups excluding carboxylic acids is 3. The third-order valence-corrected chi connectivity index (χ3v) is 5.64. The van der Waals surface area contributed by atoms with Crippen LogP contribution in [0, 0.1) is 11.8 Å². The van der Waals surface area contributed by atoms with Crippen LogP contribution in [0.25, 0.3) is 0 Å². The van der Waals surface area contributed by atoms with Gasteiger partial charge in [0.25, 0.3) is 5.72 Å². The van der Waals surface area contributed by atoms with Crippen molar-refractivity contribution in [2.75, 3.05) is 19.8 Å². The van der Waals surface area contributed by atoms with Crippen molar-refractivity contribution >= 4 is 24.4 Å². The van der Waals surface area contributed by atoms with Gasteiger partial charge in [-0.3, -0.25) is 5.32 Å². The number of hydrogen-bond donors (Lipinski definition) is 2. The zero-order valence-corrected chi connectivity index (χ0v) is 24.4. The van der Waals surface area contributed by atoms with Gasteiger partial charge in [0.1, 0.15) is 0 Å². The highest BCUT2D eigenvalue weighted by Crippen LogP contribution is 2.31. The highest BCUT2D eigenvalue weighted by atomic mass is 16.8. The van der Waals surface area contributed by atoms with Gasteiger partial charge in [-0.1, -0.05) is 40.7 Å². The van der Waals surface area contributed by atoms with E-state index in [2.05, 4.69) is 5.32 Å². The Hall–Kier alpha value is -3.54. The van der Waals surface area contributed by atoms with Crippen molar-refractivity contribution in [3.63, 3.8) is 0 Å². The van der Waals surface area contributed by atoms with Crippen LogP contribution >= 0.6 is 0 Å². The minimum atomic E-state index is -2.21. The third-order valence-electron chi connectivity index (χ3n) is 5.64. The van der Waals surface area contributed by atoms with Gasteiger partial charge in [0.2, 0.25) is 0 Å². The second kappa shape index (κ2) is 17.2. The topological polar surface area (TPSA) is 156 Å². The minimum Gasteiger partial charge on any atom is -0.477 e. The maximum atomic E-state index is 12.4. The molecule has 0 heterocycles. The van der Waals surface area contributed by atoms with Crippen LogP contribution in [0.5, 0.6) is 11.5 Å². The average Bonchev–Trinajstić information content (AvgIpc) is 2.85. The molecule has 0 spiro atoms. The molecule has 40 heavy (non-hydrogen) atoms. The Morgan fingerprint density at radius 3 is 1.85 bits per heavy atom. The van der Waals surface area contributed by atoms with Crippen LogP contribution in [0.15, 0.2) is 18.2 Å². The number of hydrogen-bond acceptors (Lipinski definition) is 11. The van der Waals surface area contributed by atoms with Crippen molar-refractivity contribution in [3.8, 4) is 11.5 Å². The quantitative estimate of drug-likeness (QED) is 0.109. The molecule has 2 N–H and O–H groups in total. The summed E-state index contributed by atoms with van der Waals surface area (Å²) in [6, 6.07) is 3.69. The fraction of sp³-hybridized carbons (Fsp3) is 0.643. The fourth-order valence-corrected chi connectivity index (χ4v) is 3.20. The number of rotatable bonds is 16. The zero-order valence-electron chi connectivity index (χ0n) is 24.4. The predicted molar refractivity (Wildman–Crippen MR) is 144 cm³/mol. The van der Waals surface area contributed by atoms with Gasteiger partial charge in [-0.2, -0.15) is 0 Å². The summed E-state index contributed by atoms with van der Waals surface area (Å²) in [5.41, 5.74) is -1.94. The minimum absolute atomic E-state index is 0.0198. The summed E-state index contributed by atoms with van der Waals surface area (Å²) in [6.45, 7) is 13.2. The molecule has 0 aromatic heterocycles. The van der Waals surface area contributed by atoms with Crippen LogP contribution in [0.3, 0.4) is 0 Å². The summed E-state index contributed by atoms with van der Waals surface area (Å²) < 4.78 is 30.8. The van der Waals surface area contributed by atoms with E-state index in [1.807, 2.05) is 34.6 Å². The number of ether oxygens (including phenoxy) is 6. The molecule has 2 atom stereocenters. The predicted octanol–water partition coefficient (Wildman–Crippen LogP) is 5.69. The first-order valence-corrected chi connectivity index (χ1v) is 13.5. The Morgan fingerprint density at radius 2 is 1.38 bits per heavy atom. The molecule has 226 valence electrons. The molecular formula is C28H43NO11. The SMILES string of the molecule is CCOC(=O)O[C@](Cc1ccc(OC(=O)OCCC(C)C)c(OC(=O)OCCC(C)C)c1)(NC(C)CC)C(=O)O. The van der Waals surface area contributed by atoms with Crippen LogP contribution in [-0.2, 0) is 30.2 Å². The summed E-state index contributed by atoms with van der Waals surface area (Å²) in [5, 5.41) is 12.9. The van der Waals surface area contributed by atoms with Gasteiger partial charge in [0.15, 0.2) is 11.5 Å². The fourth-order valence-electron chi connectivity index (χ4n) is 3.20. The number of nitrogens with one attached hydrogen (secondary N) is 1. The summed E-state index contributed by atoms with van der Waals surface area (Å²) in [6.07, 6.45) is -1.84. The lowest BCUT2D eigenvalue weighted by molar-refractivity contribution is -0.166. The first kappa shape index (κ1) is 34.5. The Labute approximate surface area is 235 Å². The van der Waals surface area contributed by atoms with Gasteiger partial charge in [-0.15, -0.1) is 0 Å². The molecule has 0 aliphatic heterocycles. The van der Waals surface area contributed by atoms with Gasteiger partial charge >= 0.3 is 24.4 Å². The number of aliphatic carboxylic acids is 1. The number of carboxylic acids is 1. The maximum absolute atomic E-state index is 12.4. The molecule has 0 bridgehead atoms. The Bertz CT molecular complexity index is 979. The summed E-state index contributed by atoms with van der Waals surface area (Å²) in [5.74, 6) is -1.24. The lowest BCUT2D eigenvalue weighted by atomic mass is 10.00. The maximum Gasteiger partial charge on any atom is 0.513 e. The van der Waals surface area contributed by atoms with Crippen molar-refractivity contribution in [2.45, 2.75) is 85.9 Å². The second-order valence-corrected chi connectivity index (χ2v) is 10.1. The van der Waals surface area contributed by atoms with E-state index in [0.717, 1.165) is 0 Å². The molecule has 1 aromatic carbocycles. The summed E-state index contributed by atoms with van der Waals surface area (Å²) in [7, 11) is 0. The molecule has 0 amide bonds. The molecule has 0 aliphatic rings. The highest BCUT2D eigenvalue weighted by molar-refractivity contribution is 5.80. The third kappa shape index (κ3) is 12.5. The van der Waals surface area contributed by atoms with E-state index < -0.39 is 30.2 Å². The van der Waals surface area contributed by atoms with E-state index >= 15 is 0 Å². The molecule has 0 radical (unpaired) electrons. The van der Waals surface area contributed by atoms with Crippen molar-refractivity contribution < 1.29 is 52.7 Å². The number of benzene rings is 1. The van der Waals surface area contributed by atoms with Gasteiger partial charge in [0.05, 0.1) is 19.8 Å².